The summed E-state index contributed by atoms with van der Waals surface area (Å²) in [7, 11) is 3.32. The Morgan fingerprint density at radius 1 is 1.22 bits per heavy atom. The Morgan fingerprint density at radius 2 is 1.89 bits per heavy atom. The van der Waals surface area contributed by atoms with Gasteiger partial charge in [0.15, 0.2) is 0 Å². The monoisotopic (exact) mass is 368 g/mol. The van der Waals surface area contributed by atoms with Crippen LogP contribution in [0.5, 0.6) is 0 Å². The number of rotatable bonds is 4. The largest absolute Gasteiger partial charge is 0.351 e. The SMILES string of the molecule is C=C1CCC(N2C(=O)C=C(Nc3ccc(C(=O)N(C)C)cc3)C2=O)C(=O)N1. The van der Waals surface area contributed by atoms with Gasteiger partial charge in [0.2, 0.25) is 5.91 Å². The van der Waals surface area contributed by atoms with Crippen molar-refractivity contribution in [1.29, 1.82) is 0 Å². The van der Waals surface area contributed by atoms with Gasteiger partial charge >= 0.3 is 0 Å². The Morgan fingerprint density at radius 3 is 2.48 bits per heavy atom. The number of carbonyl (C=O) groups is 4. The molecule has 0 saturated carbocycles. The highest BCUT2D eigenvalue weighted by molar-refractivity contribution is 6.19. The molecule has 27 heavy (non-hydrogen) atoms. The smallest absolute Gasteiger partial charge is 0.278 e. The van der Waals surface area contributed by atoms with Crippen LogP contribution in [0.25, 0.3) is 0 Å². The van der Waals surface area contributed by atoms with E-state index < -0.39 is 23.8 Å². The summed E-state index contributed by atoms with van der Waals surface area (Å²) in [4.78, 5) is 51.3. The van der Waals surface area contributed by atoms with Gasteiger partial charge in [-0.25, -0.2) is 0 Å². The molecule has 2 N–H and O–H groups in total. The third-order valence-electron chi connectivity index (χ3n) is 4.41. The van der Waals surface area contributed by atoms with Crippen LogP contribution >= 0.6 is 0 Å². The van der Waals surface area contributed by atoms with Crippen molar-refractivity contribution in [2.45, 2.75) is 18.9 Å². The molecule has 1 saturated heterocycles. The van der Waals surface area contributed by atoms with Crippen LogP contribution in [-0.2, 0) is 14.4 Å². The normalized spacial score (nSPS) is 19.7. The lowest BCUT2D eigenvalue weighted by atomic mass is 10.0. The molecule has 1 unspecified atom stereocenters. The Bertz CT molecular complexity index is 870. The lowest BCUT2D eigenvalue weighted by molar-refractivity contribution is -0.146. The predicted octanol–water partition coefficient (Wildman–Crippen LogP) is 0.845. The Labute approximate surface area is 156 Å². The third kappa shape index (κ3) is 3.59. The number of hydrogen-bond acceptors (Lipinski definition) is 5. The molecule has 0 bridgehead atoms. The molecule has 1 fully saturated rings. The van der Waals surface area contributed by atoms with E-state index in [4.69, 9.17) is 0 Å². The average Bonchev–Trinajstić information content (AvgIpc) is 2.89. The topological polar surface area (TPSA) is 98.8 Å². The molecule has 8 heteroatoms. The molecule has 1 aromatic rings. The molecule has 0 aromatic heterocycles. The van der Waals surface area contributed by atoms with Crippen molar-refractivity contribution in [3.8, 4) is 0 Å². The molecule has 8 nitrogen and oxygen atoms in total. The van der Waals surface area contributed by atoms with Crippen LogP contribution in [0.2, 0.25) is 0 Å². The van der Waals surface area contributed by atoms with Crippen LogP contribution in [0.4, 0.5) is 5.69 Å². The fourth-order valence-corrected chi connectivity index (χ4v) is 2.99. The van der Waals surface area contributed by atoms with E-state index in [0.29, 0.717) is 29.8 Å². The lowest BCUT2D eigenvalue weighted by Gasteiger charge is -2.29. The van der Waals surface area contributed by atoms with Gasteiger partial charge < -0.3 is 15.5 Å². The number of imide groups is 1. The second-order valence-corrected chi connectivity index (χ2v) is 6.62. The summed E-state index contributed by atoms with van der Waals surface area (Å²) in [6, 6.07) is 5.71. The number of allylic oxidation sites excluding steroid dienone is 1. The molecule has 1 aromatic carbocycles. The molecule has 0 radical (unpaired) electrons. The highest BCUT2D eigenvalue weighted by atomic mass is 16.2. The fourth-order valence-electron chi connectivity index (χ4n) is 2.99. The first-order chi connectivity index (χ1) is 12.8. The minimum atomic E-state index is -0.842. The highest BCUT2D eigenvalue weighted by Crippen LogP contribution is 2.24. The Balaban J connectivity index is 1.72. The molecular weight excluding hydrogens is 348 g/mol. The average molecular weight is 368 g/mol. The number of nitrogens with zero attached hydrogens (tertiary/aromatic N) is 2. The molecule has 0 spiro atoms. The Hall–Kier alpha value is -3.42. The van der Waals surface area contributed by atoms with Crippen molar-refractivity contribution in [2.24, 2.45) is 0 Å². The van der Waals surface area contributed by atoms with Gasteiger partial charge in [-0.15, -0.1) is 0 Å². The van der Waals surface area contributed by atoms with Gasteiger partial charge in [0, 0.05) is 37.1 Å². The zero-order chi connectivity index (χ0) is 19.7. The first-order valence-corrected chi connectivity index (χ1v) is 8.44. The third-order valence-corrected chi connectivity index (χ3v) is 4.41. The molecule has 2 heterocycles. The Kier molecular flexibility index (Phi) is 4.81. The molecule has 4 amide bonds. The van der Waals surface area contributed by atoms with E-state index in [1.807, 2.05) is 0 Å². The van der Waals surface area contributed by atoms with Crippen LogP contribution in [0.15, 0.2) is 48.3 Å². The van der Waals surface area contributed by atoms with Gasteiger partial charge in [0.1, 0.15) is 11.7 Å². The summed E-state index contributed by atoms with van der Waals surface area (Å²) in [6.07, 6.45) is 2.04. The lowest BCUT2D eigenvalue weighted by Crippen LogP contribution is -2.52. The van der Waals surface area contributed by atoms with Crippen molar-refractivity contribution >= 4 is 29.3 Å². The van der Waals surface area contributed by atoms with Gasteiger partial charge in [-0.1, -0.05) is 6.58 Å². The molecular formula is C19H20N4O4. The van der Waals surface area contributed by atoms with Crippen molar-refractivity contribution in [3.05, 3.63) is 53.9 Å². The van der Waals surface area contributed by atoms with Crippen molar-refractivity contribution in [1.82, 2.24) is 15.1 Å². The van der Waals surface area contributed by atoms with Gasteiger partial charge in [0.25, 0.3) is 17.7 Å². The first kappa shape index (κ1) is 18.4. The quantitative estimate of drug-likeness (QED) is 0.768. The van der Waals surface area contributed by atoms with E-state index in [1.165, 1.54) is 11.0 Å². The predicted molar refractivity (Wildman–Crippen MR) is 98.3 cm³/mol. The number of carbonyl (C=O) groups excluding carboxylic acids is 4. The fraction of sp³-hybridized carbons (Fsp3) is 0.263. The van der Waals surface area contributed by atoms with E-state index in [-0.39, 0.29) is 11.6 Å². The summed E-state index contributed by atoms with van der Waals surface area (Å²) in [5.74, 6) is -1.63. The zero-order valence-electron chi connectivity index (χ0n) is 15.1. The second-order valence-electron chi connectivity index (χ2n) is 6.62. The maximum atomic E-state index is 12.6. The molecule has 2 aliphatic heterocycles. The molecule has 1 atom stereocenters. The number of hydrogen-bond donors (Lipinski definition) is 2. The number of benzene rings is 1. The minimum absolute atomic E-state index is 0.0869. The van der Waals surface area contributed by atoms with E-state index >= 15 is 0 Å². The highest BCUT2D eigenvalue weighted by Gasteiger charge is 2.41. The molecule has 3 rings (SSSR count). The maximum Gasteiger partial charge on any atom is 0.278 e. The standard InChI is InChI=1S/C19H20N4O4/c1-11-4-9-15(17(25)20-11)23-16(24)10-14(19(23)27)21-13-7-5-12(6-8-13)18(26)22(2)3/h5-8,10,15,21H,1,4,9H2,2-3H3,(H,20,25). The summed E-state index contributed by atoms with van der Waals surface area (Å²) in [5, 5.41) is 5.46. The number of nitrogens with one attached hydrogen (secondary N) is 2. The van der Waals surface area contributed by atoms with E-state index in [0.717, 1.165) is 4.90 Å². The summed E-state index contributed by atoms with van der Waals surface area (Å²) >= 11 is 0. The van der Waals surface area contributed by atoms with E-state index in [1.54, 1.807) is 38.4 Å². The minimum Gasteiger partial charge on any atom is -0.351 e. The number of anilines is 1. The maximum absolute atomic E-state index is 12.6. The summed E-state index contributed by atoms with van der Waals surface area (Å²) in [6.45, 7) is 3.69. The van der Waals surface area contributed by atoms with Gasteiger partial charge in [0.05, 0.1) is 0 Å². The summed E-state index contributed by atoms with van der Waals surface area (Å²) < 4.78 is 0. The van der Waals surface area contributed by atoms with Crippen molar-refractivity contribution in [2.75, 3.05) is 19.4 Å². The molecule has 2 aliphatic rings. The van der Waals surface area contributed by atoms with Crippen LogP contribution < -0.4 is 10.6 Å². The summed E-state index contributed by atoms with van der Waals surface area (Å²) in [5.41, 5.74) is 1.73. The molecule has 140 valence electrons. The van der Waals surface area contributed by atoms with Gasteiger partial charge in [-0.3, -0.25) is 24.1 Å². The van der Waals surface area contributed by atoms with E-state index in [2.05, 4.69) is 17.2 Å². The second kappa shape index (κ2) is 7.06. The van der Waals surface area contributed by atoms with Gasteiger partial charge in [-0.05, 0) is 37.1 Å². The van der Waals surface area contributed by atoms with Crippen LogP contribution in [-0.4, -0.2) is 53.6 Å². The van der Waals surface area contributed by atoms with Crippen LogP contribution in [0.1, 0.15) is 23.2 Å². The van der Waals surface area contributed by atoms with Crippen LogP contribution in [0.3, 0.4) is 0 Å². The zero-order valence-corrected chi connectivity index (χ0v) is 15.1. The number of amides is 4. The number of piperidine rings is 1. The van der Waals surface area contributed by atoms with Crippen LogP contribution in [0, 0.1) is 0 Å². The van der Waals surface area contributed by atoms with E-state index in [9.17, 15) is 19.2 Å². The first-order valence-electron chi connectivity index (χ1n) is 8.44. The van der Waals surface area contributed by atoms with Gasteiger partial charge in [-0.2, -0.15) is 0 Å². The van der Waals surface area contributed by atoms with Crippen molar-refractivity contribution in [3.63, 3.8) is 0 Å². The molecule has 0 aliphatic carbocycles. The van der Waals surface area contributed by atoms with Crippen molar-refractivity contribution < 1.29 is 19.2 Å².